The van der Waals surface area contributed by atoms with E-state index in [0.29, 0.717) is 29.4 Å². The zero-order chi connectivity index (χ0) is 19.2. The fourth-order valence-corrected chi connectivity index (χ4v) is 3.46. The molecule has 6 nitrogen and oxygen atoms in total. The number of carbonyl (C=O) groups excluding carboxylic acids is 2. The molecule has 0 bridgehead atoms. The van der Waals surface area contributed by atoms with Gasteiger partial charge in [-0.1, -0.05) is 18.3 Å². The first-order valence-electron chi connectivity index (χ1n) is 8.83. The second kappa shape index (κ2) is 8.64. The number of amides is 2. The van der Waals surface area contributed by atoms with E-state index in [1.807, 2.05) is 26.0 Å². The van der Waals surface area contributed by atoms with Crippen LogP contribution in [0.2, 0.25) is 0 Å². The van der Waals surface area contributed by atoms with Crippen LogP contribution in [0.1, 0.15) is 37.0 Å². The van der Waals surface area contributed by atoms with Crippen molar-refractivity contribution in [2.45, 2.75) is 26.7 Å². The molecule has 2 amide bonds. The molecule has 1 aromatic heterocycles. The molecular weight excluding hydrogens is 362 g/mol. The standard InChI is InChI=1S/C20H21N3O3S/c1-3-5-18(24)23-20-22-16-11-8-14(12-17(16)27-20)21-19(25)13-6-9-15(10-7-13)26-4-2/h6-12H,3-5H2,1-2H3,(H,21,25)(H,22,23,24). The lowest BCUT2D eigenvalue weighted by Gasteiger charge is -2.07. The molecule has 140 valence electrons. The molecule has 0 saturated carbocycles. The van der Waals surface area contributed by atoms with Gasteiger partial charge in [-0.25, -0.2) is 4.98 Å². The largest absolute Gasteiger partial charge is 0.494 e. The summed E-state index contributed by atoms with van der Waals surface area (Å²) in [4.78, 5) is 28.5. The molecule has 3 rings (SSSR count). The molecule has 0 spiro atoms. The summed E-state index contributed by atoms with van der Waals surface area (Å²) in [7, 11) is 0. The zero-order valence-electron chi connectivity index (χ0n) is 15.2. The van der Waals surface area contributed by atoms with Crippen molar-refractivity contribution in [2.75, 3.05) is 17.2 Å². The molecule has 27 heavy (non-hydrogen) atoms. The van der Waals surface area contributed by atoms with E-state index in [4.69, 9.17) is 4.74 Å². The van der Waals surface area contributed by atoms with E-state index in [1.165, 1.54) is 11.3 Å². The number of ether oxygens (including phenoxy) is 1. The van der Waals surface area contributed by atoms with Gasteiger partial charge in [-0.3, -0.25) is 9.59 Å². The van der Waals surface area contributed by atoms with Crippen molar-refractivity contribution in [1.82, 2.24) is 4.98 Å². The predicted octanol–water partition coefficient (Wildman–Crippen LogP) is 4.69. The van der Waals surface area contributed by atoms with Crippen LogP contribution in [0.15, 0.2) is 42.5 Å². The normalized spacial score (nSPS) is 10.6. The second-order valence-corrected chi connectivity index (χ2v) is 6.94. The van der Waals surface area contributed by atoms with E-state index in [0.717, 1.165) is 22.4 Å². The van der Waals surface area contributed by atoms with Gasteiger partial charge in [-0.15, -0.1) is 0 Å². The Morgan fingerprint density at radius 3 is 2.56 bits per heavy atom. The fourth-order valence-electron chi connectivity index (χ4n) is 2.54. The summed E-state index contributed by atoms with van der Waals surface area (Å²) in [5.41, 5.74) is 2.01. The van der Waals surface area contributed by atoms with Crippen molar-refractivity contribution >= 4 is 44.2 Å². The summed E-state index contributed by atoms with van der Waals surface area (Å²) in [6, 6.07) is 12.5. The number of rotatable bonds is 7. The molecule has 0 atom stereocenters. The lowest BCUT2D eigenvalue weighted by molar-refractivity contribution is -0.116. The van der Waals surface area contributed by atoms with Gasteiger partial charge in [0.1, 0.15) is 5.75 Å². The third kappa shape index (κ3) is 4.83. The van der Waals surface area contributed by atoms with Crippen LogP contribution >= 0.6 is 11.3 Å². The summed E-state index contributed by atoms with van der Waals surface area (Å²) in [5.74, 6) is 0.497. The molecule has 2 aromatic carbocycles. The summed E-state index contributed by atoms with van der Waals surface area (Å²) in [6.45, 7) is 4.45. The van der Waals surface area contributed by atoms with Gasteiger partial charge < -0.3 is 15.4 Å². The van der Waals surface area contributed by atoms with Crippen molar-refractivity contribution in [3.63, 3.8) is 0 Å². The minimum absolute atomic E-state index is 0.0411. The first-order valence-corrected chi connectivity index (χ1v) is 9.65. The van der Waals surface area contributed by atoms with Gasteiger partial charge in [0.05, 0.1) is 16.8 Å². The van der Waals surface area contributed by atoms with Crippen LogP contribution in [-0.2, 0) is 4.79 Å². The number of carbonyl (C=O) groups is 2. The smallest absolute Gasteiger partial charge is 0.255 e. The predicted molar refractivity (Wildman–Crippen MR) is 109 cm³/mol. The maximum Gasteiger partial charge on any atom is 0.255 e. The van der Waals surface area contributed by atoms with E-state index in [9.17, 15) is 9.59 Å². The number of hydrogen-bond acceptors (Lipinski definition) is 5. The van der Waals surface area contributed by atoms with Crippen LogP contribution in [0, 0.1) is 0 Å². The summed E-state index contributed by atoms with van der Waals surface area (Å²) in [6.07, 6.45) is 1.26. The number of nitrogens with zero attached hydrogens (tertiary/aromatic N) is 1. The molecule has 1 heterocycles. The van der Waals surface area contributed by atoms with E-state index >= 15 is 0 Å². The number of anilines is 2. The quantitative estimate of drug-likeness (QED) is 0.620. The highest BCUT2D eigenvalue weighted by molar-refractivity contribution is 7.22. The molecular formula is C20H21N3O3S. The minimum Gasteiger partial charge on any atom is -0.494 e. The van der Waals surface area contributed by atoms with Gasteiger partial charge in [-0.05, 0) is 55.8 Å². The average molecular weight is 383 g/mol. The number of fused-ring (bicyclic) bond motifs is 1. The molecule has 3 aromatic rings. The van der Waals surface area contributed by atoms with Gasteiger partial charge in [0, 0.05) is 17.7 Å². The Balaban J connectivity index is 1.71. The van der Waals surface area contributed by atoms with E-state index in [1.54, 1.807) is 30.3 Å². The monoisotopic (exact) mass is 383 g/mol. The first kappa shape index (κ1) is 18.8. The van der Waals surface area contributed by atoms with E-state index in [2.05, 4.69) is 15.6 Å². The third-order valence-electron chi connectivity index (χ3n) is 3.80. The Kier molecular flexibility index (Phi) is 6.03. The highest BCUT2D eigenvalue weighted by Gasteiger charge is 2.10. The Bertz CT molecular complexity index is 951. The number of thiazole rings is 1. The number of hydrogen-bond donors (Lipinski definition) is 2. The van der Waals surface area contributed by atoms with Crippen LogP contribution < -0.4 is 15.4 Å². The molecule has 0 aliphatic rings. The first-order chi connectivity index (χ1) is 13.1. The summed E-state index contributed by atoms with van der Waals surface area (Å²) >= 11 is 1.39. The lowest BCUT2D eigenvalue weighted by Crippen LogP contribution is -2.11. The molecule has 0 aliphatic heterocycles. The van der Waals surface area contributed by atoms with Gasteiger partial charge in [0.2, 0.25) is 5.91 Å². The Hall–Kier alpha value is -2.93. The van der Waals surface area contributed by atoms with Crippen molar-refractivity contribution in [2.24, 2.45) is 0 Å². The van der Waals surface area contributed by atoms with Crippen LogP contribution in [-0.4, -0.2) is 23.4 Å². The Morgan fingerprint density at radius 1 is 1.07 bits per heavy atom. The molecule has 0 aliphatic carbocycles. The molecule has 0 radical (unpaired) electrons. The highest BCUT2D eigenvalue weighted by Crippen LogP contribution is 2.28. The van der Waals surface area contributed by atoms with Gasteiger partial charge in [0.25, 0.3) is 5.91 Å². The maximum absolute atomic E-state index is 12.4. The van der Waals surface area contributed by atoms with Crippen molar-refractivity contribution < 1.29 is 14.3 Å². The van der Waals surface area contributed by atoms with Crippen LogP contribution in [0.3, 0.4) is 0 Å². The van der Waals surface area contributed by atoms with E-state index < -0.39 is 0 Å². The van der Waals surface area contributed by atoms with Gasteiger partial charge in [-0.2, -0.15) is 0 Å². The highest BCUT2D eigenvalue weighted by atomic mass is 32.1. The van der Waals surface area contributed by atoms with Crippen LogP contribution in [0.5, 0.6) is 5.75 Å². The summed E-state index contributed by atoms with van der Waals surface area (Å²) < 4.78 is 6.28. The van der Waals surface area contributed by atoms with Gasteiger partial charge in [0.15, 0.2) is 5.13 Å². The number of aromatic nitrogens is 1. The fraction of sp³-hybridized carbons (Fsp3) is 0.250. The Morgan fingerprint density at radius 2 is 1.85 bits per heavy atom. The maximum atomic E-state index is 12.4. The van der Waals surface area contributed by atoms with Crippen molar-refractivity contribution in [3.8, 4) is 5.75 Å². The number of benzene rings is 2. The SMILES string of the molecule is CCCC(=O)Nc1nc2ccc(NC(=O)c3ccc(OCC)cc3)cc2s1. The topological polar surface area (TPSA) is 80.3 Å². The lowest BCUT2D eigenvalue weighted by atomic mass is 10.2. The second-order valence-electron chi connectivity index (χ2n) is 5.91. The van der Waals surface area contributed by atoms with Crippen molar-refractivity contribution in [3.05, 3.63) is 48.0 Å². The van der Waals surface area contributed by atoms with Crippen LogP contribution in [0.25, 0.3) is 10.2 Å². The molecule has 2 N–H and O–H groups in total. The molecule has 0 saturated heterocycles. The molecule has 0 fully saturated rings. The van der Waals surface area contributed by atoms with Crippen molar-refractivity contribution in [1.29, 1.82) is 0 Å². The minimum atomic E-state index is -0.196. The third-order valence-corrected chi connectivity index (χ3v) is 4.73. The average Bonchev–Trinajstić information content (AvgIpc) is 3.04. The van der Waals surface area contributed by atoms with Crippen LogP contribution in [0.4, 0.5) is 10.8 Å². The molecule has 7 heteroatoms. The van der Waals surface area contributed by atoms with E-state index in [-0.39, 0.29) is 11.8 Å². The molecule has 0 unspecified atom stereocenters. The number of nitrogens with one attached hydrogen (secondary N) is 2. The summed E-state index contributed by atoms with van der Waals surface area (Å²) in [5, 5.41) is 6.26. The Labute approximate surface area is 161 Å². The zero-order valence-corrected chi connectivity index (χ0v) is 16.1. The van der Waals surface area contributed by atoms with Gasteiger partial charge >= 0.3 is 0 Å².